The minimum absolute atomic E-state index is 0.00276. The van der Waals surface area contributed by atoms with Gasteiger partial charge in [0.05, 0.1) is 0 Å². The topological polar surface area (TPSA) is 97.1 Å². The molecular formula is C20H20N4O3. The van der Waals surface area contributed by atoms with Crippen molar-refractivity contribution in [1.82, 2.24) is 10.2 Å². The molecule has 2 aromatic carbocycles. The second-order valence-corrected chi connectivity index (χ2v) is 7.02. The highest BCUT2D eigenvalue weighted by molar-refractivity contribution is 6.04. The molecule has 3 aromatic rings. The standard InChI is InChI=1S/C20H20N4O3/c1-20(2,3)18(26)21-15-11-7-10-14(12-15)16(25)22-19-24-23-17(27-19)13-8-5-4-6-9-13/h4-12H,1-3H3,(H,21,26)(H,22,24,25). The summed E-state index contributed by atoms with van der Waals surface area (Å²) in [6.45, 7) is 5.45. The molecule has 0 spiro atoms. The summed E-state index contributed by atoms with van der Waals surface area (Å²) < 4.78 is 5.48. The van der Waals surface area contributed by atoms with Crippen molar-refractivity contribution in [2.45, 2.75) is 20.8 Å². The number of carbonyl (C=O) groups is 2. The van der Waals surface area contributed by atoms with Crippen LogP contribution in [0.1, 0.15) is 31.1 Å². The Labute approximate surface area is 156 Å². The molecule has 7 heteroatoms. The first-order valence-electron chi connectivity index (χ1n) is 8.45. The Morgan fingerprint density at radius 3 is 2.37 bits per heavy atom. The highest BCUT2D eigenvalue weighted by atomic mass is 16.4. The summed E-state index contributed by atoms with van der Waals surface area (Å²) in [6, 6.07) is 15.9. The van der Waals surface area contributed by atoms with E-state index < -0.39 is 11.3 Å². The predicted molar refractivity (Wildman–Crippen MR) is 102 cm³/mol. The van der Waals surface area contributed by atoms with Gasteiger partial charge in [0, 0.05) is 22.2 Å². The first-order chi connectivity index (χ1) is 12.8. The Balaban J connectivity index is 1.71. The number of anilines is 2. The summed E-state index contributed by atoms with van der Waals surface area (Å²) in [5.74, 6) is -0.230. The zero-order valence-electron chi connectivity index (χ0n) is 15.3. The van der Waals surface area contributed by atoms with Gasteiger partial charge in [-0.3, -0.25) is 14.9 Å². The zero-order valence-corrected chi connectivity index (χ0v) is 15.3. The number of hydrogen-bond donors (Lipinski definition) is 2. The van der Waals surface area contributed by atoms with Crippen molar-refractivity contribution < 1.29 is 14.0 Å². The fourth-order valence-corrected chi connectivity index (χ4v) is 2.20. The van der Waals surface area contributed by atoms with Crippen LogP contribution in [-0.4, -0.2) is 22.0 Å². The molecule has 2 amide bonds. The maximum atomic E-state index is 12.4. The van der Waals surface area contributed by atoms with E-state index in [-0.39, 0.29) is 11.9 Å². The molecule has 1 aromatic heterocycles. The summed E-state index contributed by atoms with van der Waals surface area (Å²) in [5.41, 5.74) is 1.13. The van der Waals surface area contributed by atoms with Gasteiger partial charge in [0.25, 0.3) is 5.91 Å². The summed E-state index contributed by atoms with van der Waals surface area (Å²) in [6.07, 6.45) is 0. The number of hydrogen-bond acceptors (Lipinski definition) is 5. The Morgan fingerprint density at radius 2 is 1.67 bits per heavy atom. The molecular weight excluding hydrogens is 344 g/mol. The zero-order chi connectivity index (χ0) is 19.4. The molecule has 0 unspecified atom stereocenters. The minimum Gasteiger partial charge on any atom is -0.403 e. The summed E-state index contributed by atoms with van der Waals surface area (Å²) in [4.78, 5) is 24.5. The number of rotatable bonds is 4. The average molecular weight is 364 g/mol. The van der Waals surface area contributed by atoms with E-state index in [1.165, 1.54) is 0 Å². The van der Waals surface area contributed by atoms with Crippen molar-refractivity contribution in [2.75, 3.05) is 10.6 Å². The molecule has 7 nitrogen and oxygen atoms in total. The molecule has 0 atom stereocenters. The fourth-order valence-electron chi connectivity index (χ4n) is 2.20. The molecule has 0 bridgehead atoms. The molecule has 138 valence electrons. The number of amides is 2. The molecule has 0 aliphatic rings. The Kier molecular flexibility index (Phi) is 5.03. The second kappa shape index (κ2) is 7.41. The van der Waals surface area contributed by atoms with Crippen LogP contribution < -0.4 is 10.6 Å². The van der Waals surface area contributed by atoms with E-state index in [0.717, 1.165) is 5.56 Å². The third-order valence-electron chi connectivity index (χ3n) is 3.73. The van der Waals surface area contributed by atoms with Crippen LogP contribution in [0.4, 0.5) is 11.7 Å². The van der Waals surface area contributed by atoms with Gasteiger partial charge >= 0.3 is 6.01 Å². The second-order valence-electron chi connectivity index (χ2n) is 7.02. The van der Waals surface area contributed by atoms with Gasteiger partial charge in [-0.15, -0.1) is 5.10 Å². The van der Waals surface area contributed by atoms with Crippen LogP contribution in [-0.2, 0) is 4.79 Å². The lowest BCUT2D eigenvalue weighted by molar-refractivity contribution is -0.123. The maximum Gasteiger partial charge on any atom is 0.322 e. The average Bonchev–Trinajstić information content (AvgIpc) is 3.10. The molecule has 0 aliphatic carbocycles. The molecule has 0 radical (unpaired) electrons. The SMILES string of the molecule is CC(C)(C)C(=O)Nc1cccc(C(=O)Nc2nnc(-c3ccccc3)o2)c1. The van der Waals surface area contributed by atoms with Crippen molar-refractivity contribution in [3.8, 4) is 11.5 Å². The molecule has 0 saturated heterocycles. The number of benzene rings is 2. The van der Waals surface area contributed by atoms with Crippen molar-refractivity contribution in [3.05, 3.63) is 60.2 Å². The lowest BCUT2D eigenvalue weighted by Crippen LogP contribution is -2.27. The van der Waals surface area contributed by atoms with Crippen molar-refractivity contribution in [2.24, 2.45) is 5.41 Å². The van der Waals surface area contributed by atoms with Gasteiger partial charge in [-0.25, -0.2) is 0 Å². The van der Waals surface area contributed by atoms with E-state index in [2.05, 4.69) is 20.8 Å². The summed E-state index contributed by atoms with van der Waals surface area (Å²) in [7, 11) is 0. The van der Waals surface area contributed by atoms with Crippen LogP contribution >= 0.6 is 0 Å². The maximum absolute atomic E-state index is 12.4. The van der Waals surface area contributed by atoms with Crippen molar-refractivity contribution >= 4 is 23.5 Å². The number of carbonyl (C=O) groups excluding carboxylic acids is 2. The van der Waals surface area contributed by atoms with Crippen LogP contribution in [0.15, 0.2) is 59.0 Å². The predicted octanol–water partition coefficient (Wildman–Crippen LogP) is 3.97. The molecule has 0 fully saturated rings. The summed E-state index contributed by atoms with van der Waals surface area (Å²) in [5, 5.41) is 13.1. The van der Waals surface area contributed by atoms with E-state index in [9.17, 15) is 9.59 Å². The molecule has 1 heterocycles. The van der Waals surface area contributed by atoms with E-state index >= 15 is 0 Å². The van der Waals surface area contributed by atoms with Crippen LogP contribution in [0, 0.1) is 5.41 Å². The van der Waals surface area contributed by atoms with Gasteiger partial charge in [-0.2, -0.15) is 0 Å². The van der Waals surface area contributed by atoms with Gasteiger partial charge in [0.15, 0.2) is 0 Å². The molecule has 3 rings (SSSR count). The third kappa shape index (κ3) is 4.58. The third-order valence-corrected chi connectivity index (χ3v) is 3.73. The van der Waals surface area contributed by atoms with E-state index in [1.807, 2.05) is 51.1 Å². The number of nitrogens with zero attached hydrogens (tertiary/aromatic N) is 2. The van der Waals surface area contributed by atoms with Gasteiger partial charge in [-0.05, 0) is 30.3 Å². The van der Waals surface area contributed by atoms with Crippen LogP contribution in [0.3, 0.4) is 0 Å². The lowest BCUT2D eigenvalue weighted by Gasteiger charge is -2.17. The normalized spacial score (nSPS) is 11.1. The number of aromatic nitrogens is 2. The van der Waals surface area contributed by atoms with Crippen molar-refractivity contribution in [1.29, 1.82) is 0 Å². The smallest absolute Gasteiger partial charge is 0.322 e. The van der Waals surface area contributed by atoms with Gasteiger partial charge < -0.3 is 9.73 Å². The summed E-state index contributed by atoms with van der Waals surface area (Å²) >= 11 is 0. The fraction of sp³-hybridized carbons (Fsp3) is 0.200. The van der Waals surface area contributed by atoms with Gasteiger partial charge in [0.1, 0.15) is 0 Å². The highest BCUT2D eigenvalue weighted by Gasteiger charge is 2.21. The Morgan fingerprint density at radius 1 is 0.926 bits per heavy atom. The first-order valence-corrected chi connectivity index (χ1v) is 8.45. The Hall–Kier alpha value is -3.48. The van der Waals surface area contributed by atoms with Gasteiger partial charge in [0.2, 0.25) is 11.8 Å². The van der Waals surface area contributed by atoms with Crippen LogP contribution in [0.2, 0.25) is 0 Å². The first kappa shape index (κ1) is 18.3. The molecule has 27 heavy (non-hydrogen) atoms. The highest BCUT2D eigenvalue weighted by Crippen LogP contribution is 2.21. The van der Waals surface area contributed by atoms with Crippen LogP contribution in [0.5, 0.6) is 0 Å². The molecule has 0 saturated carbocycles. The Bertz CT molecular complexity index is 959. The quantitative estimate of drug-likeness (QED) is 0.730. The molecule has 2 N–H and O–H groups in total. The number of nitrogens with one attached hydrogen (secondary N) is 2. The van der Waals surface area contributed by atoms with Gasteiger partial charge in [-0.1, -0.05) is 50.1 Å². The largest absolute Gasteiger partial charge is 0.403 e. The molecule has 0 aliphatic heterocycles. The minimum atomic E-state index is -0.532. The van der Waals surface area contributed by atoms with Crippen LogP contribution in [0.25, 0.3) is 11.5 Å². The monoisotopic (exact) mass is 364 g/mol. The lowest BCUT2D eigenvalue weighted by atomic mass is 9.95. The van der Waals surface area contributed by atoms with E-state index in [0.29, 0.717) is 17.1 Å². The van der Waals surface area contributed by atoms with E-state index in [1.54, 1.807) is 24.3 Å². The van der Waals surface area contributed by atoms with E-state index in [4.69, 9.17) is 4.42 Å². The van der Waals surface area contributed by atoms with Crippen molar-refractivity contribution in [3.63, 3.8) is 0 Å².